The zero-order valence-electron chi connectivity index (χ0n) is 7.20. The predicted octanol–water partition coefficient (Wildman–Crippen LogP) is 2.70. The van der Waals surface area contributed by atoms with Gasteiger partial charge in [-0.3, -0.25) is 0 Å². The highest BCUT2D eigenvalue weighted by molar-refractivity contribution is 4.82. The molecule has 0 heterocycles. The normalized spacial score (nSPS) is 16.2. The number of methoxy groups -OCH3 is 1. The van der Waals surface area contributed by atoms with E-state index in [4.69, 9.17) is 0 Å². The summed E-state index contributed by atoms with van der Waals surface area (Å²) in [6.07, 6.45) is -1.83. The van der Waals surface area contributed by atoms with E-state index in [-0.39, 0.29) is 6.92 Å². The van der Waals surface area contributed by atoms with Crippen LogP contribution in [0.15, 0.2) is 0 Å². The van der Waals surface area contributed by atoms with E-state index in [2.05, 4.69) is 4.74 Å². The van der Waals surface area contributed by atoms with Crippen molar-refractivity contribution in [1.29, 1.82) is 0 Å². The summed E-state index contributed by atoms with van der Waals surface area (Å²) in [5, 5.41) is 0. The molecule has 1 nitrogen and oxygen atoms in total. The quantitative estimate of drug-likeness (QED) is 0.616. The summed E-state index contributed by atoms with van der Waals surface area (Å²) in [5.74, 6) is -7.98. The Balaban J connectivity index is 4.22. The second kappa shape index (κ2) is 3.60. The number of ether oxygens (including phenoxy) is 1. The van der Waals surface area contributed by atoms with Crippen LogP contribution >= 0.6 is 0 Å². The minimum absolute atomic E-state index is 0.204. The number of alkyl halides is 4. The minimum Gasteiger partial charge on any atom is -0.382 e. The van der Waals surface area contributed by atoms with E-state index in [1.807, 2.05) is 0 Å². The van der Waals surface area contributed by atoms with Crippen LogP contribution < -0.4 is 0 Å². The smallest absolute Gasteiger partial charge is 0.312 e. The van der Waals surface area contributed by atoms with Crippen molar-refractivity contribution in [3.8, 4) is 0 Å². The van der Waals surface area contributed by atoms with Gasteiger partial charge in [-0.15, -0.1) is 0 Å². The van der Waals surface area contributed by atoms with E-state index in [9.17, 15) is 17.6 Å². The maximum Gasteiger partial charge on any atom is 0.312 e. The standard InChI is InChI=1S/C7H12F4O/c1-5(12-3)4-7(10,11)6(2,8)9/h5H,4H2,1-3H3/t5-/m1/s1. The molecule has 5 heteroatoms. The first-order valence-corrected chi connectivity index (χ1v) is 3.49. The van der Waals surface area contributed by atoms with Crippen LogP contribution in [0.1, 0.15) is 20.3 Å². The first kappa shape index (κ1) is 11.7. The second-order valence-electron chi connectivity index (χ2n) is 2.84. The topological polar surface area (TPSA) is 9.23 Å². The molecule has 0 radical (unpaired) electrons. The Bertz CT molecular complexity index is 141. The molecule has 0 saturated heterocycles. The Morgan fingerprint density at radius 3 is 1.92 bits per heavy atom. The molecule has 0 spiro atoms. The van der Waals surface area contributed by atoms with Gasteiger partial charge < -0.3 is 4.74 Å². The Kier molecular flexibility index (Phi) is 3.50. The van der Waals surface area contributed by atoms with Crippen LogP contribution in [0.3, 0.4) is 0 Å². The molecule has 0 aromatic carbocycles. The first-order valence-electron chi connectivity index (χ1n) is 3.49. The first-order chi connectivity index (χ1) is 5.20. The van der Waals surface area contributed by atoms with Gasteiger partial charge in [-0.05, 0) is 6.92 Å². The number of halogens is 4. The highest BCUT2D eigenvalue weighted by Gasteiger charge is 2.52. The molecule has 0 N–H and O–H groups in total. The predicted molar refractivity (Wildman–Crippen MR) is 36.7 cm³/mol. The summed E-state index contributed by atoms with van der Waals surface area (Å²) in [4.78, 5) is 0. The van der Waals surface area contributed by atoms with Crippen LogP contribution in [0.4, 0.5) is 17.6 Å². The monoisotopic (exact) mass is 188 g/mol. The fourth-order valence-corrected chi connectivity index (χ4v) is 0.624. The molecular weight excluding hydrogens is 176 g/mol. The number of hydrogen-bond donors (Lipinski definition) is 0. The van der Waals surface area contributed by atoms with Crippen LogP contribution in [-0.2, 0) is 4.74 Å². The molecule has 0 aliphatic rings. The molecule has 74 valence electrons. The summed E-state index contributed by atoms with van der Waals surface area (Å²) < 4.78 is 53.9. The fraction of sp³-hybridized carbons (Fsp3) is 1.00. The maximum atomic E-state index is 12.5. The van der Waals surface area contributed by atoms with Gasteiger partial charge in [0.05, 0.1) is 6.10 Å². The average molecular weight is 188 g/mol. The number of rotatable bonds is 4. The highest BCUT2D eigenvalue weighted by atomic mass is 19.3. The van der Waals surface area contributed by atoms with Crippen molar-refractivity contribution < 1.29 is 22.3 Å². The van der Waals surface area contributed by atoms with Crippen molar-refractivity contribution in [2.24, 2.45) is 0 Å². The van der Waals surface area contributed by atoms with Crippen molar-refractivity contribution in [3.05, 3.63) is 0 Å². The van der Waals surface area contributed by atoms with Crippen molar-refractivity contribution in [2.75, 3.05) is 7.11 Å². The highest BCUT2D eigenvalue weighted by Crippen LogP contribution is 2.37. The molecule has 0 rings (SSSR count). The van der Waals surface area contributed by atoms with Crippen molar-refractivity contribution in [1.82, 2.24) is 0 Å². The largest absolute Gasteiger partial charge is 0.382 e. The molecule has 0 aromatic heterocycles. The van der Waals surface area contributed by atoms with E-state index in [0.29, 0.717) is 0 Å². The molecule has 0 amide bonds. The SMILES string of the molecule is CO[C@H](C)CC(F)(F)C(C)(F)F. The van der Waals surface area contributed by atoms with Gasteiger partial charge in [0.15, 0.2) is 0 Å². The molecule has 0 aromatic rings. The Morgan fingerprint density at radius 1 is 1.25 bits per heavy atom. The van der Waals surface area contributed by atoms with Crippen molar-refractivity contribution in [2.45, 2.75) is 38.2 Å². The molecule has 12 heavy (non-hydrogen) atoms. The van der Waals surface area contributed by atoms with Gasteiger partial charge in [-0.1, -0.05) is 0 Å². The van der Waals surface area contributed by atoms with Crippen LogP contribution in [-0.4, -0.2) is 25.1 Å². The van der Waals surface area contributed by atoms with Crippen LogP contribution in [0.2, 0.25) is 0 Å². The van der Waals surface area contributed by atoms with Gasteiger partial charge in [0.2, 0.25) is 0 Å². The molecule has 0 aliphatic carbocycles. The van der Waals surface area contributed by atoms with E-state index in [1.54, 1.807) is 0 Å². The van der Waals surface area contributed by atoms with Crippen LogP contribution in [0, 0.1) is 0 Å². The fourth-order valence-electron chi connectivity index (χ4n) is 0.624. The van der Waals surface area contributed by atoms with E-state index >= 15 is 0 Å². The average Bonchev–Trinajstić information content (AvgIpc) is 1.84. The molecular formula is C7H12F4O. The van der Waals surface area contributed by atoms with Gasteiger partial charge in [0, 0.05) is 20.5 Å². The van der Waals surface area contributed by atoms with E-state index in [1.165, 1.54) is 14.0 Å². The van der Waals surface area contributed by atoms with Gasteiger partial charge in [0.25, 0.3) is 0 Å². The zero-order chi connectivity index (χ0) is 9.99. The lowest BCUT2D eigenvalue weighted by atomic mass is 10.1. The van der Waals surface area contributed by atoms with Crippen molar-refractivity contribution in [3.63, 3.8) is 0 Å². The Morgan fingerprint density at radius 2 is 1.67 bits per heavy atom. The number of hydrogen-bond acceptors (Lipinski definition) is 1. The van der Waals surface area contributed by atoms with Gasteiger partial charge in [-0.2, -0.15) is 8.78 Å². The van der Waals surface area contributed by atoms with E-state index in [0.717, 1.165) is 0 Å². The summed E-state index contributed by atoms with van der Waals surface area (Å²) in [6, 6.07) is 0. The maximum absolute atomic E-state index is 12.5. The van der Waals surface area contributed by atoms with E-state index < -0.39 is 24.4 Å². The summed E-state index contributed by atoms with van der Waals surface area (Å²) in [7, 11) is 1.20. The van der Waals surface area contributed by atoms with Gasteiger partial charge >= 0.3 is 11.8 Å². The summed E-state index contributed by atoms with van der Waals surface area (Å²) in [5.41, 5.74) is 0. The lowest BCUT2D eigenvalue weighted by molar-refractivity contribution is -0.211. The molecule has 0 bridgehead atoms. The zero-order valence-corrected chi connectivity index (χ0v) is 7.20. The summed E-state index contributed by atoms with van der Waals surface area (Å²) in [6.45, 7) is 1.52. The lowest BCUT2D eigenvalue weighted by Crippen LogP contribution is -2.40. The Labute approximate surface area is 68.7 Å². The molecule has 0 fully saturated rings. The third-order valence-corrected chi connectivity index (χ3v) is 1.59. The van der Waals surface area contributed by atoms with Crippen molar-refractivity contribution >= 4 is 0 Å². The minimum atomic E-state index is -4.00. The molecule has 0 unspecified atom stereocenters. The Hall–Kier alpha value is -0.320. The van der Waals surface area contributed by atoms with Crippen LogP contribution in [0.25, 0.3) is 0 Å². The molecule has 0 aliphatic heterocycles. The summed E-state index contributed by atoms with van der Waals surface area (Å²) >= 11 is 0. The van der Waals surface area contributed by atoms with Gasteiger partial charge in [-0.25, -0.2) is 8.78 Å². The van der Waals surface area contributed by atoms with Crippen LogP contribution in [0.5, 0.6) is 0 Å². The molecule has 1 atom stereocenters. The lowest BCUT2D eigenvalue weighted by Gasteiger charge is -2.25. The second-order valence-corrected chi connectivity index (χ2v) is 2.84. The third-order valence-electron chi connectivity index (χ3n) is 1.59. The van der Waals surface area contributed by atoms with Gasteiger partial charge in [0.1, 0.15) is 0 Å². The molecule has 0 saturated carbocycles. The third kappa shape index (κ3) is 2.97.